The standard InChI is InChI=1S/C18H13ClN4O4S/c19-12-3-1-11(2-4-12)15-9-10-16(27-15)17(24)20-18(28)22-21-13-5-7-14(8-6-13)23(25)26/h1-10,21H,(H2,20,22,24,28). The number of hydrogen-bond acceptors (Lipinski definition) is 6. The first-order valence-corrected chi connectivity index (χ1v) is 8.68. The molecule has 3 aromatic rings. The number of hydrogen-bond donors (Lipinski definition) is 3. The molecule has 0 saturated heterocycles. The zero-order chi connectivity index (χ0) is 20.1. The summed E-state index contributed by atoms with van der Waals surface area (Å²) in [5, 5.41) is 13.7. The largest absolute Gasteiger partial charge is 0.451 e. The normalized spacial score (nSPS) is 10.2. The van der Waals surface area contributed by atoms with Gasteiger partial charge in [-0.05, 0) is 60.7 Å². The molecule has 3 N–H and O–H groups in total. The van der Waals surface area contributed by atoms with E-state index in [1.807, 2.05) is 0 Å². The summed E-state index contributed by atoms with van der Waals surface area (Å²) in [7, 11) is 0. The van der Waals surface area contributed by atoms with Gasteiger partial charge in [0.05, 0.1) is 10.6 Å². The highest BCUT2D eigenvalue weighted by Crippen LogP contribution is 2.23. The minimum atomic E-state index is -0.525. The van der Waals surface area contributed by atoms with Crippen LogP contribution in [-0.4, -0.2) is 15.9 Å². The van der Waals surface area contributed by atoms with E-state index < -0.39 is 10.8 Å². The Morgan fingerprint density at radius 3 is 2.36 bits per heavy atom. The lowest BCUT2D eigenvalue weighted by atomic mass is 10.2. The van der Waals surface area contributed by atoms with Crippen molar-refractivity contribution in [3.8, 4) is 11.3 Å². The second kappa shape index (κ2) is 8.51. The van der Waals surface area contributed by atoms with Crippen LogP contribution in [0.15, 0.2) is 65.1 Å². The molecule has 0 aliphatic heterocycles. The number of benzene rings is 2. The molecule has 3 rings (SSSR count). The Hall–Kier alpha value is -3.43. The van der Waals surface area contributed by atoms with Gasteiger partial charge in [-0.25, -0.2) is 0 Å². The number of amides is 1. The van der Waals surface area contributed by atoms with Crippen LogP contribution in [0.3, 0.4) is 0 Å². The van der Waals surface area contributed by atoms with Crippen molar-refractivity contribution >= 4 is 46.2 Å². The summed E-state index contributed by atoms with van der Waals surface area (Å²) in [6.07, 6.45) is 0. The molecule has 142 valence electrons. The fourth-order valence-electron chi connectivity index (χ4n) is 2.22. The molecule has 0 aliphatic rings. The van der Waals surface area contributed by atoms with Crippen LogP contribution in [0.1, 0.15) is 10.6 Å². The molecule has 10 heteroatoms. The number of nitrogens with zero attached hydrogens (tertiary/aromatic N) is 1. The van der Waals surface area contributed by atoms with Crippen molar-refractivity contribution in [2.24, 2.45) is 0 Å². The Balaban J connectivity index is 1.55. The molecule has 0 aliphatic carbocycles. The van der Waals surface area contributed by atoms with Gasteiger partial charge >= 0.3 is 0 Å². The third-order valence-electron chi connectivity index (χ3n) is 3.58. The van der Waals surface area contributed by atoms with Crippen molar-refractivity contribution in [2.75, 3.05) is 5.43 Å². The number of hydrazine groups is 1. The summed E-state index contributed by atoms with van der Waals surface area (Å²) in [6.45, 7) is 0. The number of nitro benzene ring substituents is 1. The van der Waals surface area contributed by atoms with Gasteiger partial charge in [0, 0.05) is 22.7 Å². The molecular formula is C18H13ClN4O4S. The molecule has 0 spiro atoms. The van der Waals surface area contributed by atoms with E-state index in [0.717, 1.165) is 5.56 Å². The summed E-state index contributed by atoms with van der Waals surface area (Å²) >= 11 is 10.9. The average molecular weight is 417 g/mol. The number of thiocarbonyl (C=S) groups is 1. The van der Waals surface area contributed by atoms with E-state index in [9.17, 15) is 14.9 Å². The monoisotopic (exact) mass is 416 g/mol. The molecule has 0 radical (unpaired) electrons. The van der Waals surface area contributed by atoms with E-state index in [1.165, 1.54) is 30.3 Å². The molecule has 1 amide bonds. The molecule has 0 unspecified atom stereocenters. The maximum absolute atomic E-state index is 12.2. The highest BCUT2D eigenvalue weighted by molar-refractivity contribution is 7.80. The Morgan fingerprint density at radius 2 is 1.71 bits per heavy atom. The third-order valence-corrected chi connectivity index (χ3v) is 4.04. The van der Waals surface area contributed by atoms with Gasteiger partial charge in [-0.2, -0.15) is 0 Å². The number of halogens is 1. The van der Waals surface area contributed by atoms with Crippen molar-refractivity contribution in [1.29, 1.82) is 0 Å². The summed E-state index contributed by atoms with van der Waals surface area (Å²) in [4.78, 5) is 22.4. The van der Waals surface area contributed by atoms with Gasteiger partial charge in [0.2, 0.25) is 0 Å². The average Bonchev–Trinajstić information content (AvgIpc) is 3.17. The Labute approximate surface area is 169 Å². The fourth-order valence-corrected chi connectivity index (χ4v) is 2.49. The number of carbonyl (C=O) groups excluding carboxylic acids is 1. The molecule has 0 bridgehead atoms. The van der Waals surface area contributed by atoms with Crippen molar-refractivity contribution < 1.29 is 14.1 Å². The van der Waals surface area contributed by atoms with Crippen LogP contribution in [0.4, 0.5) is 11.4 Å². The fraction of sp³-hybridized carbons (Fsp3) is 0. The topological polar surface area (TPSA) is 109 Å². The molecule has 1 aromatic heterocycles. The minimum Gasteiger partial charge on any atom is -0.451 e. The van der Waals surface area contributed by atoms with Crippen LogP contribution in [0.2, 0.25) is 5.02 Å². The van der Waals surface area contributed by atoms with Gasteiger partial charge in [-0.3, -0.25) is 31.1 Å². The van der Waals surface area contributed by atoms with E-state index in [4.69, 9.17) is 28.2 Å². The molecule has 0 atom stereocenters. The number of rotatable bonds is 5. The summed E-state index contributed by atoms with van der Waals surface area (Å²) in [5.74, 6) is 0.0809. The van der Waals surface area contributed by atoms with Crippen molar-refractivity contribution in [2.45, 2.75) is 0 Å². The smallest absolute Gasteiger partial charge is 0.293 e. The minimum absolute atomic E-state index is 0.00722. The SMILES string of the molecule is O=C(NC(=S)NNc1ccc([N+](=O)[O-])cc1)c1ccc(-c2ccc(Cl)cc2)o1. The van der Waals surface area contributed by atoms with E-state index >= 15 is 0 Å². The molecule has 8 nitrogen and oxygen atoms in total. The number of furan rings is 1. The van der Waals surface area contributed by atoms with Crippen LogP contribution < -0.4 is 16.2 Å². The predicted octanol–water partition coefficient (Wildman–Crippen LogP) is 4.14. The molecule has 0 fully saturated rings. The van der Waals surface area contributed by atoms with Gasteiger partial charge in [0.15, 0.2) is 10.9 Å². The summed E-state index contributed by atoms with van der Waals surface area (Å²) < 4.78 is 5.54. The van der Waals surface area contributed by atoms with Gasteiger partial charge in [0.1, 0.15) is 5.76 Å². The van der Waals surface area contributed by atoms with Crippen LogP contribution in [0, 0.1) is 10.1 Å². The molecule has 28 heavy (non-hydrogen) atoms. The van der Waals surface area contributed by atoms with Crippen molar-refractivity contribution in [3.63, 3.8) is 0 Å². The second-order valence-electron chi connectivity index (χ2n) is 5.51. The maximum Gasteiger partial charge on any atom is 0.293 e. The van der Waals surface area contributed by atoms with Crippen LogP contribution >= 0.6 is 23.8 Å². The number of non-ortho nitro benzene ring substituents is 1. The maximum atomic E-state index is 12.2. The summed E-state index contributed by atoms with van der Waals surface area (Å²) in [5.41, 5.74) is 6.63. The van der Waals surface area contributed by atoms with Gasteiger partial charge in [0.25, 0.3) is 11.6 Å². The van der Waals surface area contributed by atoms with E-state index in [-0.39, 0.29) is 16.6 Å². The lowest BCUT2D eigenvalue weighted by Gasteiger charge is -2.10. The molecule has 2 aromatic carbocycles. The Kier molecular flexibility index (Phi) is 5.87. The second-order valence-corrected chi connectivity index (χ2v) is 6.35. The van der Waals surface area contributed by atoms with E-state index in [2.05, 4.69) is 16.2 Å². The Morgan fingerprint density at radius 1 is 1.04 bits per heavy atom. The van der Waals surface area contributed by atoms with E-state index in [0.29, 0.717) is 16.5 Å². The van der Waals surface area contributed by atoms with Crippen molar-refractivity contribution in [1.82, 2.24) is 10.7 Å². The lowest BCUT2D eigenvalue weighted by molar-refractivity contribution is -0.384. The first-order chi connectivity index (χ1) is 13.4. The van der Waals surface area contributed by atoms with Crippen molar-refractivity contribution in [3.05, 3.63) is 81.6 Å². The van der Waals surface area contributed by atoms with Gasteiger partial charge in [-0.15, -0.1) is 0 Å². The number of nitrogens with one attached hydrogen (secondary N) is 3. The lowest BCUT2D eigenvalue weighted by Crippen LogP contribution is -2.41. The first-order valence-electron chi connectivity index (χ1n) is 7.90. The van der Waals surface area contributed by atoms with Gasteiger partial charge in [-0.1, -0.05) is 11.6 Å². The highest BCUT2D eigenvalue weighted by atomic mass is 35.5. The highest BCUT2D eigenvalue weighted by Gasteiger charge is 2.14. The van der Waals surface area contributed by atoms with E-state index in [1.54, 1.807) is 30.3 Å². The summed E-state index contributed by atoms with van der Waals surface area (Å²) in [6, 6.07) is 15.9. The first kappa shape index (κ1) is 19.3. The van der Waals surface area contributed by atoms with Crippen LogP contribution in [-0.2, 0) is 0 Å². The number of nitro groups is 1. The molecule has 0 saturated carbocycles. The molecular weight excluding hydrogens is 404 g/mol. The quantitative estimate of drug-likeness (QED) is 0.325. The van der Waals surface area contributed by atoms with Gasteiger partial charge < -0.3 is 4.42 Å². The van der Waals surface area contributed by atoms with Crippen LogP contribution in [0.5, 0.6) is 0 Å². The zero-order valence-corrected chi connectivity index (χ0v) is 15.7. The Bertz CT molecular complexity index is 1020. The number of anilines is 1. The number of carbonyl (C=O) groups is 1. The predicted molar refractivity (Wildman–Crippen MR) is 109 cm³/mol. The molecule has 1 heterocycles. The zero-order valence-electron chi connectivity index (χ0n) is 14.1. The third kappa shape index (κ3) is 4.84. The van der Waals surface area contributed by atoms with Crippen LogP contribution in [0.25, 0.3) is 11.3 Å².